The fourth-order valence-corrected chi connectivity index (χ4v) is 2.09. The number of rotatable bonds is 5. The summed E-state index contributed by atoms with van der Waals surface area (Å²) in [6, 6.07) is 3.80. The predicted molar refractivity (Wildman–Crippen MR) is 73.3 cm³/mol. The lowest BCUT2D eigenvalue weighted by molar-refractivity contribution is -0.143. The fourth-order valence-electron chi connectivity index (χ4n) is 1.92. The molecule has 0 radical (unpaired) electrons. The third-order valence-corrected chi connectivity index (χ3v) is 2.91. The molecule has 0 aliphatic carbocycles. The largest absolute Gasteiger partial charge is 0.465 e. The van der Waals surface area contributed by atoms with Gasteiger partial charge in [-0.1, -0.05) is 0 Å². The monoisotopic (exact) mass is 281 g/mol. The second-order valence-corrected chi connectivity index (χ2v) is 4.53. The fraction of sp³-hybridized carbons (Fsp3) is 0.462. The SMILES string of the molecule is CCOC(=O)Cn1c(CCCl)nc2ccc(C)nc21. The van der Waals surface area contributed by atoms with E-state index in [2.05, 4.69) is 9.97 Å². The van der Waals surface area contributed by atoms with Gasteiger partial charge in [0.15, 0.2) is 5.65 Å². The number of esters is 1. The van der Waals surface area contributed by atoms with E-state index in [9.17, 15) is 4.79 Å². The molecule has 0 atom stereocenters. The van der Waals surface area contributed by atoms with Crippen LogP contribution in [0.5, 0.6) is 0 Å². The van der Waals surface area contributed by atoms with Gasteiger partial charge in [0, 0.05) is 18.0 Å². The molecule has 6 heteroatoms. The molecule has 2 heterocycles. The van der Waals surface area contributed by atoms with Gasteiger partial charge in [0.05, 0.1) is 6.61 Å². The minimum atomic E-state index is -0.291. The van der Waals surface area contributed by atoms with Gasteiger partial charge in [0.25, 0.3) is 0 Å². The molecular formula is C13H16ClN3O2. The van der Waals surface area contributed by atoms with Crippen molar-refractivity contribution in [1.82, 2.24) is 14.5 Å². The highest BCUT2D eigenvalue weighted by molar-refractivity contribution is 6.17. The van der Waals surface area contributed by atoms with Gasteiger partial charge >= 0.3 is 5.97 Å². The van der Waals surface area contributed by atoms with E-state index < -0.39 is 0 Å². The molecular weight excluding hydrogens is 266 g/mol. The van der Waals surface area contributed by atoms with E-state index in [4.69, 9.17) is 16.3 Å². The number of ether oxygens (including phenoxy) is 1. The Morgan fingerprint density at radius 1 is 1.42 bits per heavy atom. The van der Waals surface area contributed by atoms with E-state index in [1.165, 1.54) is 0 Å². The van der Waals surface area contributed by atoms with Crippen molar-refractivity contribution >= 4 is 28.7 Å². The average molecular weight is 282 g/mol. The van der Waals surface area contributed by atoms with Crippen LogP contribution >= 0.6 is 11.6 Å². The van der Waals surface area contributed by atoms with Gasteiger partial charge in [0.2, 0.25) is 0 Å². The Kier molecular flexibility index (Phi) is 4.37. The average Bonchev–Trinajstić information content (AvgIpc) is 2.68. The molecule has 19 heavy (non-hydrogen) atoms. The van der Waals surface area contributed by atoms with Crippen LogP contribution in [0.2, 0.25) is 0 Å². The summed E-state index contributed by atoms with van der Waals surface area (Å²) < 4.78 is 6.76. The lowest BCUT2D eigenvalue weighted by Crippen LogP contribution is -2.16. The highest BCUT2D eigenvalue weighted by Gasteiger charge is 2.15. The number of imidazole rings is 1. The van der Waals surface area contributed by atoms with Crippen molar-refractivity contribution in [3.05, 3.63) is 23.7 Å². The molecule has 2 aromatic rings. The first-order chi connectivity index (χ1) is 9.15. The number of aryl methyl sites for hydroxylation is 2. The van der Waals surface area contributed by atoms with Gasteiger partial charge in [-0.2, -0.15) is 0 Å². The number of hydrogen-bond acceptors (Lipinski definition) is 4. The molecule has 0 saturated carbocycles. The molecule has 0 N–H and O–H groups in total. The van der Waals surface area contributed by atoms with E-state index in [1.54, 1.807) is 11.5 Å². The first-order valence-corrected chi connectivity index (χ1v) is 6.73. The van der Waals surface area contributed by atoms with E-state index in [1.807, 2.05) is 19.1 Å². The number of aromatic nitrogens is 3. The summed E-state index contributed by atoms with van der Waals surface area (Å²) in [7, 11) is 0. The number of fused-ring (bicyclic) bond motifs is 1. The predicted octanol–water partition coefficient (Wildman–Crippen LogP) is 2.08. The molecule has 0 bridgehead atoms. The molecule has 5 nitrogen and oxygen atoms in total. The Morgan fingerprint density at radius 2 is 2.21 bits per heavy atom. The normalized spacial score (nSPS) is 10.9. The number of halogens is 1. The van der Waals surface area contributed by atoms with Crippen LogP contribution in [-0.2, 0) is 22.5 Å². The first kappa shape index (κ1) is 13.8. The Bertz CT molecular complexity index is 595. The van der Waals surface area contributed by atoms with Crippen LogP contribution in [0.15, 0.2) is 12.1 Å². The van der Waals surface area contributed by atoms with Crippen LogP contribution in [0.3, 0.4) is 0 Å². The van der Waals surface area contributed by atoms with Crippen molar-refractivity contribution in [3.63, 3.8) is 0 Å². The number of nitrogens with zero attached hydrogens (tertiary/aromatic N) is 3. The van der Waals surface area contributed by atoms with Crippen molar-refractivity contribution in [2.45, 2.75) is 26.8 Å². The van der Waals surface area contributed by atoms with Crippen molar-refractivity contribution in [1.29, 1.82) is 0 Å². The van der Waals surface area contributed by atoms with Crippen LogP contribution in [0.4, 0.5) is 0 Å². The Hall–Kier alpha value is -1.62. The van der Waals surface area contributed by atoms with Gasteiger partial charge in [-0.25, -0.2) is 9.97 Å². The summed E-state index contributed by atoms with van der Waals surface area (Å²) in [4.78, 5) is 20.6. The number of alkyl halides is 1. The molecule has 0 fully saturated rings. The minimum absolute atomic E-state index is 0.118. The number of pyridine rings is 1. The van der Waals surface area contributed by atoms with Gasteiger partial charge in [-0.05, 0) is 26.0 Å². The summed E-state index contributed by atoms with van der Waals surface area (Å²) in [6.45, 7) is 4.17. The molecule has 2 rings (SSSR count). The maximum absolute atomic E-state index is 11.7. The zero-order valence-electron chi connectivity index (χ0n) is 11.0. The van der Waals surface area contributed by atoms with Crippen LogP contribution in [-0.4, -0.2) is 33.0 Å². The van der Waals surface area contributed by atoms with Gasteiger partial charge in [-0.15, -0.1) is 11.6 Å². The molecule has 0 unspecified atom stereocenters. The van der Waals surface area contributed by atoms with Crippen LogP contribution in [0, 0.1) is 6.92 Å². The number of carbonyl (C=O) groups is 1. The zero-order valence-corrected chi connectivity index (χ0v) is 11.8. The lowest BCUT2D eigenvalue weighted by Gasteiger charge is -2.07. The Labute approximate surface area is 116 Å². The van der Waals surface area contributed by atoms with Crippen LogP contribution in [0.25, 0.3) is 11.2 Å². The summed E-state index contributed by atoms with van der Waals surface area (Å²) in [5.74, 6) is 0.919. The molecule has 102 valence electrons. The second-order valence-electron chi connectivity index (χ2n) is 4.15. The second kappa shape index (κ2) is 6.02. The highest BCUT2D eigenvalue weighted by Crippen LogP contribution is 2.16. The van der Waals surface area contributed by atoms with Gasteiger partial charge in [0.1, 0.15) is 17.9 Å². The van der Waals surface area contributed by atoms with E-state index >= 15 is 0 Å². The molecule has 2 aromatic heterocycles. The maximum atomic E-state index is 11.7. The minimum Gasteiger partial charge on any atom is -0.465 e. The Morgan fingerprint density at radius 3 is 2.89 bits per heavy atom. The van der Waals surface area contributed by atoms with Crippen molar-refractivity contribution in [2.75, 3.05) is 12.5 Å². The van der Waals surface area contributed by atoms with Crippen molar-refractivity contribution in [3.8, 4) is 0 Å². The molecule has 0 amide bonds. The quantitative estimate of drug-likeness (QED) is 0.622. The summed E-state index contributed by atoms with van der Waals surface area (Å²) in [6.07, 6.45) is 0.594. The molecule has 0 saturated heterocycles. The standard InChI is InChI=1S/C13H16ClN3O2/c1-3-19-12(18)8-17-11(6-7-14)16-10-5-4-9(2)15-13(10)17/h4-5H,3,6-8H2,1-2H3. The lowest BCUT2D eigenvalue weighted by atomic mass is 10.3. The van der Waals surface area contributed by atoms with Gasteiger partial charge in [-0.3, -0.25) is 4.79 Å². The third kappa shape index (κ3) is 3.04. The van der Waals surface area contributed by atoms with Crippen LogP contribution in [0.1, 0.15) is 18.4 Å². The first-order valence-electron chi connectivity index (χ1n) is 6.20. The smallest absolute Gasteiger partial charge is 0.326 e. The summed E-state index contributed by atoms with van der Waals surface area (Å²) >= 11 is 5.77. The molecule has 0 aliphatic rings. The van der Waals surface area contributed by atoms with Crippen molar-refractivity contribution < 1.29 is 9.53 Å². The molecule has 0 aromatic carbocycles. The highest BCUT2D eigenvalue weighted by atomic mass is 35.5. The van der Waals surface area contributed by atoms with Gasteiger partial charge < -0.3 is 9.30 Å². The maximum Gasteiger partial charge on any atom is 0.326 e. The Balaban J connectivity index is 2.44. The summed E-state index contributed by atoms with van der Waals surface area (Å²) in [5.41, 5.74) is 2.36. The molecule has 0 aliphatic heterocycles. The third-order valence-electron chi connectivity index (χ3n) is 2.72. The van der Waals surface area contributed by atoms with E-state index in [0.29, 0.717) is 24.6 Å². The zero-order chi connectivity index (χ0) is 13.8. The van der Waals surface area contributed by atoms with E-state index in [-0.39, 0.29) is 12.5 Å². The summed E-state index contributed by atoms with van der Waals surface area (Å²) in [5, 5.41) is 0. The number of hydrogen-bond donors (Lipinski definition) is 0. The van der Waals surface area contributed by atoms with Crippen LogP contribution < -0.4 is 0 Å². The number of carbonyl (C=O) groups excluding carboxylic acids is 1. The van der Waals surface area contributed by atoms with Crippen molar-refractivity contribution in [2.24, 2.45) is 0 Å². The topological polar surface area (TPSA) is 57.0 Å². The van der Waals surface area contributed by atoms with E-state index in [0.717, 1.165) is 17.0 Å². The molecule has 0 spiro atoms.